The lowest BCUT2D eigenvalue weighted by atomic mass is 9.92. The Morgan fingerprint density at radius 2 is 2.17 bits per heavy atom. The van der Waals surface area contributed by atoms with Crippen LogP contribution in [0.3, 0.4) is 0 Å². The third kappa shape index (κ3) is 3.29. The van der Waals surface area contributed by atoms with Crippen molar-refractivity contribution in [3.63, 3.8) is 0 Å². The van der Waals surface area contributed by atoms with Crippen LogP contribution in [0.25, 0.3) is 0 Å². The van der Waals surface area contributed by atoms with Gasteiger partial charge in [-0.15, -0.1) is 11.3 Å². The molecule has 6 heteroatoms. The molecule has 2 aliphatic rings. The highest BCUT2D eigenvalue weighted by Crippen LogP contribution is 2.36. The topological polar surface area (TPSA) is 49.9 Å². The molecule has 1 aromatic rings. The molecule has 3 heterocycles. The van der Waals surface area contributed by atoms with Gasteiger partial charge in [0.05, 0.1) is 18.6 Å². The van der Waals surface area contributed by atoms with Gasteiger partial charge in [-0.25, -0.2) is 4.79 Å². The molecule has 24 heavy (non-hydrogen) atoms. The van der Waals surface area contributed by atoms with Crippen molar-refractivity contribution in [2.45, 2.75) is 45.6 Å². The second-order valence-corrected chi connectivity index (χ2v) is 7.49. The standard InChI is InChI=1S/C18H26N2O3S/c1-3-15-14-8-11-24-16(14)7-10-20(15)17(21)13-6-5-9-19(12-13)18(22)23-4-2/h8,11,13,15H,3-7,9-10,12H2,1-2H3. The quantitative estimate of drug-likeness (QED) is 0.839. The summed E-state index contributed by atoms with van der Waals surface area (Å²) in [7, 11) is 0. The molecule has 1 fully saturated rings. The first-order valence-corrected chi connectivity index (χ1v) is 9.82. The average Bonchev–Trinajstić information content (AvgIpc) is 3.09. The van der Waals surface area contributed by atoms with E-state index in [2.05, 4.69) is 18.4 Å². The van der Waals surface area contributed by atoms with Gasteiger partial charge in [-0.3, -0.25) is 4.79 Å². The first kappa shape index (κ1) is 17.3. The highest BCUT2D eigenvalue weighted by atomic mass is 32.1. The van der Waals surface area contributed by atoms with Crippen molar-refractivity contribution in [1.82, 2.24) is 9.80 Å². The number of carbonyl (C=O) groups is 2. The maximum absolute atomic E-state index is 13.1. The van der Waals surface area contributed by atoms with Crippen LogP contribution in [0.5, 0.6) is 0 Å². The molecule has 2 atom stereocenters. The Hall–Kier alpha value is -1.56. The number of carbonyl (C=O) groups excluding carboxylic acids is 2. The van der Waals surface area contributed by atoms with Gasteiger partial charge in [-0.1, -0.05) is 6.92 Å². The molecule has 0 aliphatic carbocycles. The Labute approximate surface area is 147 Å². The lowest BCUT2D eigenvalue weighted by Gasteiger charge is -2.40. The third-order valence-corrected chi connectivity index (χ3v) is 6.06. The molecule has 2 amide bonds. The number of ether oxygens (including phenoxy) is 1. The number of rotatable bonds is 3. The van der Waals surface area contributed by atoms with Crippen molar-refractivity contribution in [1.29, 1.82) is 0 Å². The number of likely N-dealkylation sites (tertiary alicyclic amines) is 1. The Morgan fingerprint density at radius 1 is 1.33 bits per heavy atom. The molecule has 5 nitrogen and oxygen atoms in total. The zero-order valence-electron chi connectivity index (χ0n) is 14.5. The molecule has 3 rings (SSSR count). The largest absolute Gasteiger partial charge is 0.450 e. The fourth-order valence-corrected chi connectivity index (χ4v) is 4.82. The SMILES string of the molecule is CCOC(=O)N1CCCC(C(=O)N2CCc3sccc3C2CC)C1. The number of hydrogen-bond acceptors (Lipinski definition) is 4. The van der Waals surface area contributed by atoms with Gasteiger partial charge in [-0.2, -0.15) is 0 Å². The molecule has 132 valence electrons. The molecule has 2 aliphatic heterocycles. The normalized spacial score (nSPS) is 23.8. The molecule has 1 saturated heterocycles. The van der Waals surface area contributed by atoms with Gasteiger partial charge in [-0.05, 0) is 49.6 Å². The summed E-state index contributed by atoms with van der Waals surface area (Å²) in [6.45, 7) is 6.29. The number of amides is 2. The highest BCUT2D eigenvalue weighted by molar-refractivity contribution is 7.10. The van der Waals surface area contributed by atoms with Crippen LogP contribution in [-0.2, 0) is 16.0 Å². The molecule has 0 N–H and O–H groups in total. The molecule has 0 spiro atoms. The van der Waals surface area contributed by atoms with Gasteiger partial charge < -0.3 is 14.5 Å². The van der Waals surface area contributed by atoms with Gasteiger partial charge in [0.2, 0.25) is 5.91 Å². The molecular weight excluding hydrogens is 324 g/mol. The minimum Gasteiger partial charge on any atom is -0.450 e. The van der Waals surface area contributed by atoms with Gasteiger partial charge in [0, 0.05) is 24.5 Å². The summed E-state index contributed by atoms with van der Waals surface area (Å²) in [5.74, 6) is 0.102. The van der Waals surface area contributed by atoms with E-state index in [1.807, 2.05) is 11.8 Å². The van der Waals surface area contributed by atoms with Crippen LogP contribution in [0, 0.1) is 5.92 Å². The Bertz CT molecular complexity index is 601. The maximum Gasteiger partial charge on any atom is 0.409 e. The highest BCUT2D eigenvalue weighted by Gasteiger charge is 2.36. The molecule has 0 bridgehead atoms. The first-order valence-electron chi connectivity index (χ1n) is 8.94. The molecular formula is C18H26N2O3S. The van der Waals surface area contributed by atoms with E-state index in [1.165, 1.54) is 10.4 Å². The summed E-state index contributed by atoms with van der Waals surface area (Å²) in [5, 5.41) is 2.13. The van der Waals surface area contributed by atoms with E-state index >= 15 is 0 Å². The molecule has 2 unspecified atom stereocenters. The van der Waals surface area contributed by atoms with Gasteiger partial charge in [0.25, 0.3) is 0 Å². The average molecular weight is 350 g/mol. The van der Waals surface area contributed by atoms with Crippen molar-refractivity contribution in [3.05, 3.63) is 21.9 Å². The lowest BCUT2D eigenvalue weighted by molar-refractivity contribution is -0.140. The predicted octanol–water partition coefficient (Wildman–Crippen LogP) is 3.45. The van der Waals surface area contributed by atoms with E-state index in [9.17, 15) is 9.59 Å². The van der Waals surface area contributed by atoms with Crippen LogP contribution in [0.15, 0.2) is 11.4 Å². The number of hydrogen-bond donors (Lipinski definition) is 0. The Kier molecular flexibility index (Phi) is 5.43. The minimum absolute atomic E-state index is 0.0996. The van der Waals surface area contributed by atoms with Crippen molar-refractivity contribution < 1.29 is 14.3 Å². The Morgan fingerprint density at radius 3 is 2.92 bits per heavy atom. The van der Waals surface area contributed by atoms with Crippen LogP contribution in [0.4, 0.5) is 4.79 Å². The molecule has 0 aromatic carbocycles. The number of nitrogens with zero attached hydrogens (tertiary/aromatic N) is 2. The van der Waals surface area contributed by atoms with Crippen molar-refractivity contribution in [3.8, 4) is 0 Å². The van der Waals surface area contributed by atoms with Crippen molar-refractivity contribution >= 4 is 23.3 Å². The minimum atomic E-state index is -0.291. The van der Waals surface area contributed by atoms with Crippen LogP contribution in [0.1, 0.15) is 49.6 Å². The second kappa shape index (κ2) is 7.55. The number of fused-ring (bicyclic) bond motifs is 1. The summed E-state index contributed by atoms with van der Waals surface area (Å²) in [4.78, 5) is 30.3. The van der Waals surface area contributed by atoms with E-state index in [0.29, 0.717) is 19.7 Å². The summed E-state index contributed by atoms with van der Waals surface area (Å²) in [6.07, 6.45) is 3.32. The lowest BCUT2D eigenvalue weighted by Crippen LogP contribution is -2.49. The predicted molar refractivity (Wildman–Crippen MR) is 94.1 cm³/mol. The van der Waals surface area contributed by atoms with E-state index in [1.54, 1.807) is 16.2 Å². The maximum atomic E-state index is 13.1. The second-order valence-electron chi connectivity index (χ2n) is 6.49. The number of thiophene rings is 1. The number of piperidine rings is 1. The fourth-order valence-electron chi connectivity index (χ4n) is 3.89. The van der Waals surface area contributed by atoms with Gasteiger partial charge in [0.15, 0.2) is 0 Å². The summed E-state index contributed by atoms with van der Waals surface area (Å²) in [5.41, 5.74) is 1.32. The molecule has 0 saturated carbocycles. The van der Waals surface area contributed by atoms with Crippen LogP contribution >= 0.6 is 11.3 Å². The fraction of sp³-hybridized carbons (Fsp3) is 0.667. The van der Waals surface area contributed by atoms with E-state index in [0.717, 1.165) is 32.2 Å². The van der Waals surface area contributed by atoms with E-state index in [4.69, 9.17) is 4.74 Å². The van der Waals surface area contributed by atoms with E-state index < -0.39 is 0 Å². The van der Waals surface area contributed by atoms with Crippen LogP contribution in [0.2, 0.25) is 0 Å². The van der Waals surface area contributed by atoms with Gasteiger partial charge in [0.1, 0.15) is 0 Å². The van der Waals surface area contributed by atoms with Gasteiger partial charge >= 0.3 is 6.09 Å². The monoisotopic (exact) mass is 350 g/mol. The molecule has 0 radical (unpaired) electrons. The zero-order valence-corrected chi connectivity index (χ0v) is 15.3. The molecule has 1 aromatic heterocycles. The first-order chi connectivity index (χ1) is 11.7. The van der Waals surface area contributed by atoms with Crippen molar-refractivity contribution in [2.24, 2.45) is 5.92 Å². The Balaban J connectivity index is 1.70. The summed E-state index contributed by atoms with van der Waals surface area (Å²) in [6, 6.07) is 2.35. The van der Waals surface area contributed by atoms with E-state index in [-0.39, 0.29) is 24.0 Å². The van der Waals surface area contributed by atoms with Crippen LogP contribution < -0.4 is 0 Å². The smallest absolute Gasteiger partial charge is 0.409 e. The summed E-state index contributed by atoms with van der Waals surface area (Å²) < 4.78 is 5.10. The van der Waals surface area contributed by atoms with Crippen LogP contribution in [-0.4, -0.2) is 48.0 Å². The zero-order chi connectivity index (χ0) is 17.1. The third-order valence-electron chi connectivity index (χ3n) is 5.06. The van der Waals surface area contributed by atoms with Crippen molar-refractivity contribution in [2.75, 3.05) is 26.2 Å². The summed E-state index contributed by atoms with van der Waals surface area (Å²) >= 11 is 1.80.